The van der Waals surface area contributed by atoms with Crippen molar-refractivity contribution in [2.45, 2.75) is 26.5 Å². The average Bonchev–Trinajstić information content (AvgIpc) is 3.46. The molecule has 0 aliphatic rings. The molecule has 0 atom stereocenters. The summed E-state index contributed by atoms with van der Waals surface area (Å²) in [6.07, 6.45) is 0.753. The monoisotopic (exact) mass is 478 g/mol. The second-order valence-corrected chi connectivity index (χ2v) is 8.62. The maximum atomic E-state index is 11.8. The van der Waals surface area contributed by atoms with Crippen molar-refractivity contribution < 1.29 is 24.1 Å². The molecular formula is C26H26N2O5S. The van der Waals surface area contributed by atoms with E-state index >= 15 is 0 Å². The molecule has 34 heavy (non-hydrogen) atoms. The van der Waals surface area contributed by atoms with Gasteiger partial charge in [0, 0.05) is 17.6 Å². The highest BCUT2D eigenvalue weighted by molar-refractivity contribution is 7.09. The number of aromatic nitrogens is 2. The lowest BCUT2D eigenvalue weighted by Crippen LogP contribution is -2.07. The van der Waals surface area contributed by atoms with E-state index in [9.17, 15) is 9.90 Å². The number of hydrogen-bond acceptors (Lipinski definition) is 6. The van der Waals surface area contributed by atoms with E-state index in [4.69, 9.17) is 19.2 Å². The van der Waals surface area contributed by atoms with Crippen molar-refractivity contribution in [3.63, 3.8) is 0 Å². The number of benzene rings is 2. The van der Waals surface area contributed by atoms with Gasteiger partial charge in [0.1, 0.15) is 28.9 Å². The summed E-state index contributed by atoms with van der Waals surface area (Å²) >= 11 is 1.49. The van der Waals surface area contributed by atoms with E-state index in [1.807, 2.05) is 65.4 Å². The van der Waals surface area contributed by atoms with Gasteiger partial charge in [0.05, 0.1) is 31.2 Å². The number of thiazole rings is 1. The molecule has 2 aromatic carbocycles. The second kappa shape index (κ2) is 10.4. The van der Waals surface area contributed by atoms with Crippen LogP contribution in [0, 0.1) is 6.92 Å². The fraction of sp³-hybridized carbons (Fsp3) is 0.231. The first-order valence-corrected chi connectivity index (χ1v) is 11.6. The molecule has 0 fully saturated rings. The quantitative estimate of drug-likeness (QED) is 0.326. The van der Waals surface area contributed by atoms with Crippen molar-refractivity contribution in [1.29, 1.82) is 0 Å². The first kappa shape index (κ1) is 23.4. The van der Waals surface area contributed by atoms with Gasteiger partial charge in [0.2, 0.25) is 0 Å². The Morgan fingerprint density at radius 2 is 1.62 bits per heavy atom. The van der Waals surface area contributed by atoms with E-state index in [0.717, 1.165) is 45.6 Å². The van der Waals surface area contributed by atoms with Gasteiger partial charge in [-0.25, -0.2) is 9.78 Å². The lowest BCUT2D eigenvalue weighted by atomic mass is 10.1. The van der Waals surface area contributed by atoms with E-state index in [2.05, 4.69) is 0 Å². The molecule has 4 rings (SSSR count). The van der Waals surface area contributed by atoms with Gasteiger partial charge in [-0.3, -0.25) is 0 Å². The smallest absolute Gasteiger partial charge is 0.337 e. The topological polar surface area (TPSA) is 82.8 Å². The standard InChI is InChI=1S/C26H26N2O5S/c1-17-22(26(29)30)14-24(28(17)13-12-18-4-6-19(31-2)7-5-18)23-16-34-25(27-23)15-33-21-10-8-20(32-3)9-11-21/h4-11,14,16H,12-13,15H2,1-3H3,(H,29,30). The molecule has 4 aromatic rings. The average molecular weight is 479 g/mol. The van der Waals surface area contributed by atoms with Gasteiger partial charge in [0.15, 0.2) is 0 Å². The number of ether oxygens (including phenoxy) is 3. The van der Waals surface area contributed by atoms with Crippen LogP contribution >= 0.6 is 11.3 Å². The highest BCUT2D eigenvalue weighted by Crippen LogP contribution is 2.29. The Labute approximate surface area is 202 Å². The molecule has 0 unspecified atom stereocenters. The molecule has 0 radical (unpaired) electrons. The molecule has 0 saturated carbocycles. The van der Waals surface area contributed by atoms with Crippen molar-refractivity contribution in [2.75, 3.05) is 14.2 Å². The Morgan fingerprint density at radius 1 is 1.00 bits per heavy atom. The van der Waals surface area contributed by atoms with Gasteiger partial charge in [-0.15, -0.1) is 11.3 Å². The minimum atomic E-state index is -0.944. The van der Waals surface area contributed by atoms with Crippen LogP contribution in [-0.2, 0) is 19.6 Å². The van der Waals surface area contributed by atoms with Crippen LogP contribution in [0.2, 0.25) is 0 Å². The van der Waals surface area contributed by atoms with Crippen LogP contribution in [0.3, 0.4) is 0 Å². The summed E-state index contributed by atoms with van der Waals surface area (Å²) in [5.74, 6) is 1.36. The number of rotatable bonds is 10. The summed E-state index contributed by atoms with van der Waals surface area (Å²) in [4.78, 5) is 16.5. The van der Waals surface area contributed by atoms with E-state index < -0.39 is 5.97 Å². The molecular weight excluding hydrogens is 452 g/mol. The van der Waals surface area contributed by atoms with Crippen LogP contribution in [0.25, 0.3) is 11.4 Å². The van der Waals surface area contributed by atoms with E-state index in [0.29, 0.717) is 18.8 Å². The van der Waals surface area contributed by atoms with E-state index in [1.165, 1.54) is 11.3 Å². The third kappa shape index (κ3) is 5.23. The number of carboxylic acid groups (broad SMARTS) is 1. The Balaban J connectivity index is 1.52. The molecule has 0 amide bonds. The Morgan fingerprint density at radius 3 is 2.24 bits per heavy atom. The number of carbonyl (C=O) groups is 1. The SMILES string of the molecule is COc1ccc(CCn2c(-c3csc(COc4ccc(OC)cc4)n3)cc(C(=O)O)c2C)cc1. The molecule has 8 heteroatoms. The van der Waals surface area contributed by atoms with Crippen molar-refractivity contribution >= 4 is 17.3 Å². The Kier molecular flexibility index (Phi) is 7.18. The Hall–Kier alpha value is -3.78. The number of nitrogens with zero attached hydrogens (tertiary/aromatic N) is 2. The maximum absolute atomic E-state index is 11.8. The summed E-state index contributed by atoms with van der Waals surface area (Å²) in [7, 11) is 3.26. The van der Waals surface area contributed by atoms with Crippen molar-refractivity contribution in [2.24, 2.45) is 0 Å². The summed E-state index contributed by atoms with van der Waals surface area (Å²) in [5, 5.41) is 12.4. The zero-order chi connectivity index (χ0) is 24.1. The van der Waals surface area contributed by atoms with Gasteiger partial charge in [0.25, 0.3) is 0 Å². The number of methoxy groups -OCH3 is 2. The summed E-state index contributed by atoms with van der Waals surface area (Å²) in [6.45, 7) is 2.80. The van der Waals surface area contributed by atoms with Gasteiger partial charge in [-0.05, 0) is 61.4 Å². The van der Waals surface area contributed by atoms with Gasteiger partial charge in [-0.1, -0.05) is 12.1 Å². The molecule has 176 valence electrons. The highest BCUT2D eigenvalue weighted by Gasteiger charge is 2.19. The van der Waals surface area contributed by atoms with Gasteiger partial charge in [-0.2, -0.15) is 0 Å². The van der Waals surface area contributed by atoms with Crippen molar-refractivity contribution in [3.05, 3.63) is 81.8 Å². The van der Waals surface area contributed by atoms with Gasteiger partial charge < -0.3 is 23.9 Å². The second-order valence-electron chi connectivity index (χ2n) is 7.67. The van der Waals surface area contributed by atoms with E-state index in [-0.39, 0.29) is 5.56 Å². The minimum absolute atomic E-state index is 0.286. The Bertz CT molecular complexity index is 1260. The predicted octanol–water partition coefficient (Wildman–Crippen LogP) is 5.46. The maximum Gasteiger partial charge on any atom is 0.337 e. The zero-order valence-electron chi connectivity index (χ0n) is 19.3. The molecule has 0 aliphatic heterocycles. The number of carboxylic acids is 1. The lowest BCUT2D eigenvalue weighted by Gasteiger charge is -2.11. The molecule has 7 nitrogen and oxygen atoms in total. The number of aromatic carboxylic acids is 1. The van der Waals surface area contributed by atoms with Crippen molar-refractivity contribution in [3.8, 4) is 28.6 Å². The number of aryl methyl sites for hydroxylation is 1. The number of hydrogen-bond donors (Lipinski definition) is 1. The predicted molar refractivity (Wildman–Crippen MR) is 131 cm³/mol. The summed E-state index contributed by atoms with van der Waals surface area (Å²) in [5.41, 5.74) is 3.66. The third-order valence-electron chi connectivity index (χ3n) is 5.62. The molecule has 0 saturated heterocycles. The van der Waals surface area contributed by atoms with Crippen LogP contribution in [0.5, 0.6) is 17.2 Å². The van der Waals surface area contributed by atoms with Crippen LogP contribution < -0.4 is 14.2 Å². The first-order chi connectivity index (χ1) is 16.5. The molecule has 1 N–H and O–H groups in total. The normalized spacial score (nSPS) is 10.8. The van der Waals surface area contributed by atoms with Crippen LogP contribution in [-0.4, -0.2) is 34.8 Å². The highest BCUT2D eigenvalue weighted by atomic mass is 32.1. The fourth-order valence-corrected chi connectivity index (χ4v) is 4.41. The van der Waals surface area contributed by atoms with Crippen molar-refractivity contribution in [1.82, 2.24) is 9.55 Å². The minimum Gasteiger partial charge on any atom is -0.497 e. The summed E-state index contributed by atoms with van der Waals surface area (Å²) in [6, 6.07) is 17.0. The lowest BCUT2D eigenvalue weighted by molar-refractivity contribution is 0.0696. The molecule has 0 aliphatic carbocycles. The van der Waals surface area contributed by atoms with E-state index in [1.54, 1.807) is 20.3 Å². The first-order valence-electron chi connectivity index (χ1n) is 10.8. The molecule has 2 aromatic heterocycles. The fourth-order valence-electron chi connectivity index (χ4n) is 3.71. The largest absolute Gasteiger partial charge is 0.497 e. The third-order valence-corrected chi connectivity index (χ3v) is 6.44. The van der Waals surface area contributed by atoms with Crippen LogP contribution in [0.15, 0.2) is 60.0 Å². The van der Waals surface area contributed by atoms with Gasteiger partial charge >= 0.3 is 5.97 Å². The molecule has 0 spiro atoms. The molecule has 0 bridgehead atoms. The van der Waals surface area contributed by atoms with Crippen LogP contribution in [0.4, 0.5) is 0 Å². The zero-order valence-corrected chi connectivity index (χ0v) is 20.1. The van der Waals surface area contributed by atoms with Crippen LogP contribution in [0.1, 0.15) is 26.6 Å². The summed E-state index contributed by atoms with van der Waals surface area (Å²) < 4.78 is 18.3. The molecule has 2 heterocycles.